The molecular formula is C22H26ClFN2O2. The molecule has 0 aliphatic heterocycles. The minimum Gasteiger partial charge on any atom is -0.354 e. The van der Waals surface area contributed by atoms with Gasteiger partial charge in [0.15, 0.2) is 0 Å². The molecule has 0 bridgehead atoms. The fraction of sp³-hybridized carbons (Fsp3) is 0.364. The number of hydrogen-bond acceptors (Lipinski definition) is 2. The quantitative estimate of drug-likeness (QED) is 0.675. The largest absolute Gasteiger partial charge is 0.354 e. The van der Waals surface area contributed by atoms with Gasteiger partial charge < -0.3 is 10.2 Å². The van der Waals surface area contributed by atoms with Gasteiger partial charge in [0, 0.05) is 18.1 Å². The third kappa shape index (κ3) is 5.80. The van der Waals surface area contributed by atoms with Gasteiger partial charge in [-0.15, -0.1) is 0 Å². The Balaban J connectivity index is 2.31. The molecule has 0 spiro atoms. The van der Waals surface area contributed by atoms with Crippen molar-refractivity contribution in [3.63, 3.8) is 0 Å². The Morgan fingerprint density at radius 3 is 2.32 bits per heavy atom. The van der Waals surface area contributed by atoms with Crippen molar-refractivity contribution in [2.24, 2.45) is 0 Å². The van der Waals surface area contributed by atoms with E-state index in [0.29, 0.717) is 23.6 Å². The molecule has 0 unspecified atom stereocenters. The number of carbonyl (C=O) groups is 2. The van der Waals surface area contributed by atoms with Gasteiger partial charge in [0.25, 0.3) is 0 Å². The second-order valence-electron chi connectivity index (χ2n) is 6.60. The first-order valence-electron chi connectivity index (χ1n) is 9.51. The summed E-state index contributed by atoms with van der Waals surface area (Å²) in [5.41, 5.74) is 1.05. The van der Waals surface area contributed by atoms with Crippen LogP contribution in [0.5, 0.6) is 0 Å². The van der Waals surface area contributed by atoms with Gasteiger partial charge in [0.2, 0.25) is 11.8 Å². The van der Waals surface area contributed by atoms with Crippen LogP contribution in [0.25, 0.3) is 0 Å². The molecule has 28 heavy (non-hydrogen) atoms. The highest BCUT2D eigenvalue weighted by Gasteiger charge is 2.29. The highest BCUT2D eigenvalue weighted by Crippen LogP contribution is 2.21. The van der Waals surface area contributed by atoms with Crippen molar-refractivity contribution in [1.29, 1.82) is 0 Å². The number of benzene rings is 2. The van der Waals surface area contributed by atoms with Crippen LogP contribution in [-0.4, -0.2) is 29.3 Å². The third-order valence-electron chi connectivity index (χ3n) is 4.53. The summed E-state index contributed by atoms with van der Waals surface area (Å²) in [6, 6.07) is 12.7. The van der Waals surface area contributed by atoms with E-state index >= 15 is 0 Å². The molecule has 4 nitrogen and oxygen atoms in total. The van der Waals surface area contributed by atoms with Crippen LogP contribution in [0.3, 0.4) is 0 Å². The van der Waals surface area contributed by atoms with E-state index in [9.17, 15) is 14.0 Å². The lowest BCUT2D eigenvalue weighted by atomic mass is 10.1. The maximum absolute atomic E-state index is 14.0. The monoisotopic (exact) mass is 404 g/mol. The highest BCUT2D eigenvalue weighted by molar-refractivity contribution is 6.31. The average Bonchev–Trinajstić information content (AvgIpc) is 2.69. The van der Waals surface area contributed by atoms with Crippen molar-refractivity contribution in [1.82, 2.24) is 10.2 Å². The van der Waals surface area contributed by atoms with Crippen molar-refractivity contribution in [2.75, 3.05) is 6.54 Å². The summed E-state index contributed by atoms with van der Waals surface area (Å²) in [5, 5.41) is 3.38. The van der Waals surface area contributed by atoms with Crippen LogP contribution in [0.15, 0.2) is 48.5 Å². The zero-order valence-electron chi connectivity index (χ0n) is 16.3. The fourth-order valence-corrected chi connectivity index (χ4v) is 3.20. The van der Waals surface area contributed by atoms with E-state index < -0.39 is 11.9 Å². The van der Waals surface area contributed by atoms with Gasteiger partial charge >= 0.3 is 0 Å². The predicted molar refractivity (Wildman–Crippen MR) is 109 cm³/mol. The second kappa shape index (κ2) is 10.8. The van der Waals surface area contributed by atoms with Crippen LogP contribution >= 0.6 is 11.6 Å². The van der Waals surface area contributed by atoms with Crippen LogP contribution in [0.2, 0.25) is 5.02 Å². The molecule has 0 radical (unpaired) electrons. The van der Waals surface area contributed by atoms with Gasteiger partial charge in [-0.2, -0.15) is 0 Å². The Bertz CT molecular complexity index is 813. The number of hydrogen-bond donors (Lipinski definition) is 1. The molecule has 1 atom stereocenters. The first-order chi connectivity index (χ1) is 13.5. The van der Waals surface area contributed by atoms with E-state index in [1.165, 1.54) is 11.0 Å². The third-order valence-corrected chi connectivity index (χ3v) is 4.90. The summed E-state index contributed by atoms with van der Waals surface area (Å²) in [6.45, 7) is 4.54. The topological polar surface area (TPSA) is 49.4 Å². The van der Waals surface area contributed by atoms with E-state index in [1.807, 2.05) is 32.0 Å². The van der Waals surface area contributed by atoms with E-state index in [0.717, 1.165) is 12.0 Å². The molecule has 0 fully saturated rings. The lowest BCUT2D eigenvalue weighted by Crippen LogP contribution is -2.49. The SMILES string of the molecule is CCCNC(=O)[C@H](CC)N(Cc1ccccc1Cl)C(=O)Cc1ccccc1F. The minimum absolute atomic E-state index is 0.116. The number of halogens is 2. The van der Waals surface area contributed by atoms with E-state index in [2.05, 4.69) is 5.32 Å². The van der Waals surface area contributed by atoms with Crippen molar-refractivity contribution < 1.29 is 14.0 Å². The van der Waals surface area contributed by atoms with E-state index in [1.54, 1.807) is 24.3 Å². The number of amides is 2. The number of nitrogens with zero attached hydrogens (tertiary/aromatic N) is 1. The zero-order chi connectivity index (χ0) is 20.5. The van der Waals surface area contributed by atoms with Gasteiger partial charge in [-0.25, -0.2) is 4.39 Å². The molecule has 2 rings (SSSR count). The fourth-order valence-electron chi connectivity index (χ4n) is 3.00. The van der Waals surface area contributed by atoms with Crippen molar-refractivity contribution >= 4 is 23.4 Å². The van der Waals surface area contributed by atoms with Crippen LogP contribution in [0.1, 0.15) is 37.8 Å². The zero-order valence-corrected chi connectivity index (χ0v) is 17.0. The predicted octanol–water partition coefficient (Wildman–Crippen LogP) is 4.36. The molecule has 150 valence electrons. The van der Waals surface area contributed by atoms with E-state index in [4.69, 9.17) is 11.6 Å². The summed E-state index contributed by atoms with van der Waals surface area (Å²) < 4.78 is 14.0. The standard InChI is InChI=1S/C22H26ClFN2O2/c1-3-13-25-22(28)20(4-2)26(15-17-10-5-7-11-18(17)23)21(27)14-16-9-6-8-12-19(16)24/h5-12,20H,3-4,13-15H2,1-2H3,(H,25,28)/t20-/m0/s1. The Morgan fingerprint density at radius 1 is 1.07 bits per heavy atom. The van der Waals surface area contributed by atoms with Crippen molar-refractivity contribution in [3.05, 3.63) is 70.5 Å². The van der Waals surface area contributed by atoms with Crippen LogP contribution in [0, 0.1) is 5.82 Å². The van der Waals surface area contributed by atoms with Crippen LogP contribution in [-0.2, 0) is 22.6 Å². The lowest BCUT2D eigenvalue weighted by molar-refractivity contribution is -0.141. The average molecular weight is 405 g/mol. The number of rotatable bonds is 9. The summed E-state index contributed by atoms with van der Waals surface area (Å²) in [7, 11) is 0. The van der Waals surface area contributed by atoms with Gasteiger partial charge in [0.1, 0.15) is 11.9 Å². The summed E-state index contributed by atoms with van der Waals surface area (Å²) in [4.78, 5) is 27.3. The molecule has 1 N–H and O–H groups in total. The van der Waals surface area contributed by atoms with Gasteiger partial charge in [-0.05, 0) is 36.1 Å². The van der Waals surface area contributed by atoms with Crippen LogP contribution in [0.4, 0.5) is 4.39 Å². The van der Waals surface area contributed by atoms with Crippen molar-refractivity contribution in [3.8, 4) is 0 Å². The first-order valence-corrected chi connectivity index (χ1v) is 9.89. The van der Waals surface area contributed by atoms with Gasteiger partial charge in [-0.3, -0.25) is 9.59 Å². The first kappa shape index (κ1) is 21.9. The molecule has 0 aromatic heterocycles. The molecule has 0 saturated carbocycles. The van der Waals surface area contributed by atoms with Crippen molar-refractivity contribution in [2.45, 2.75) is 45.7 Å². The molecular weight excluding hydrogens is 379 g/mol. The van der Waals surface area contributed by atoms with Gasteiger partial charge in [0.05, 0.1) is 6.42 Å². The Hall–Kier alpha value is -2.40. The Morgan fingerprint density at radius 2 is 1.71 bits per heavy atom. The minimum atomic E-state index is -0.651. The smallest absolute Gasteiger partial charge is 0.242 e. The molecule has 0 saturated heterocycles. The number of carbonyl (C=O) groups excluding carboxylic acids is 2. The molecule has 0 aliphatic rings. The Labute approximate surface area is 170 Å². The molecule has 2 aromatic carbocycles. The summed E-state index contributed by atoms with van der Waals surface area (Å²) in [6.07, 6.45) is 1.13. The molecule has 2 aromatic rings. The summed E-state index contributed by atoms with van der Waals surface area (Å²) in [5.74, 6) is -0.959. The Kier molecular flexibility index (Phi) is 8.45. The van der Waals surface area contributed by atoms with Crippen LogP contribution < -0.4 is 5.32 Å². The summed E-state index contributed by atoms with van der Waals surface area (Å²) >= 11 is 6.27. The molecule has 6 heteroatoms. The maximum Gasteiger partial charge on any atom is 0.242 e. The van der Waals surface area contributed by atoms with E-state index in [-0.39, 0.29) is 24.8 Å². The second-order valence-corrected chi connectivity index (χ2v) is 7.00. The molecule has 0 aliphatic carbocycles. The maximum atomic E-state index is 14.0. The number of nitrogens with one attached hydrogen (secondary N) is 1. The van der Waals surface area contributed by atoms with Gasteiger partial charge in [-0.1, -0.05) is 61.8 Å². The molecule has 0 heterocycles. The highest BCUT2D eigenvalue weighted by atomic mass is 35.5. The lowest BCUT2D eigenvalue weighted by Gasteiger charge is -2.31. The molecule has 2 amide bonds. The normalized spacial score (nSPS) is 11.7.